The van der Waals surface area contributed by atoms with Crippen molar-refractivity contribution in [2.75, 3.05) is 10.2 Å². The second kappa shape index (κ2) is 6.68. The van der Waals surface area contributed by atoms with Crippen molar-refractivity contribution >= 4 is 52.3 Å². The Kier molecular flexibility index (Phi) is 4.11. The summed E-state index contributed by atoms with van der Waals surface area (Å²) in [6.07, 6.45) is 5.45. The Morgan fingerprint density at radius 1 is 0.903 bits per heavy atom. The van der Waals surface area contributed by atoms with E-state index in [-0.39, 0.29) is 41.4 Å². The molecule has 1 aliphatic heterocycles. The molecule has 2 bridgehead atoms. The van der Waals surface area contributed by atoms with E-state index in [0.717, 1.165) is 6.42 Å². The average Bonchev–Trinajstić information content (AvgIpc) is 3.54. The molecule has 0 radical (unpaired) electrons. The van der Waals surface area contributed by atoms with E-state index < -0.39 is 0 Å². The highest BCUT2D eigenvalue weighted by Gasteiger charge is 2.67. The molecule has 0 aromatic heterocycles. The molecule has 0 unspecified atom stereocenters. The summed E-state index contributed by atoms with van der Waals surface area (Å²) in [6.45, 7) is 0. The van der Waals surface area contributed by atoms with Gasteiger partial charge in [0, 0.05) is 10.6 Å². The van der Waals surface area contributed by atoms with E-state index in [1.807, 2.05) is 0 Å². The van der Waals surface area contributed by atoms with Gasteiger partial charge in [-0.25, -0.2) is 0 Å². The number of rotatable bonds is 3. The summed E-state index contributed by atoms with van der Waals surface area (Å²) in [4.78, 5) is 40.3. The predicted octanol–water partition coefficient (Wildman–Crippen LogP) is 4.80. The zero-order valence-corrected chi connectivity index (χ0v) is 17.8. The van der Waals surface area contributed by atoms with Crippen LogP contribution in [-0.4, -0.2) is 17.7 Å². The van der Waals surface area contributed by atoms with Crippen molar-refractivity contribution in [3.05, 3.63) is 70.2 Å². The number of imide groups is 1. The van der Waals surface area contributed by atoms with Crippen LogP contribution in [0.5, 0.6) is 0 Å². The normalized spacial score (nSPS) is 32.1. The Balaban J connectivity index is 1.23. The van der Waals surface area contributed by atoms with Crippen molar-refractivity contribution in [2.45, 2.75) is 6.42 Å². The lowest BCUT2D eigenvalue weighted by Gasteiger charge is -2.37. The third-order valence-corrected chi connectivity index (χ3v) is 7.78. The molecular formula is C24H18Cl2N2O3. The van der Waals surface area contributed by atoms with Crippen molar-refractivity contribution in [1.29, 1.82) is 0 Å². The zero-order chi connectivity index (χ0) is 21.4. The molecule has 6 atom stereocenters. The highest BCUT2D eigenvalue weighted by Crippen LogP contribution is 2.65. The van der Waals surface area contributed by atoms with Gasteiger partial charge in [0.2, 0.25) is 11.8 Å². The van der Waals surface area contributed by atoms with Crippen molar-refractivity contribution < 1.29 is 14.4 Å². The first-order valence-electron chi connectivity index (χ1n) is 10.4. The number of allylic oxidation sites excluding steroid dienone is 2. The van der Waals surface area contributed by atoms with Crippen LogP contribution in [0.2, 0.25) is 10.0 Å². The fourth-order valence-corrected chi connectivity index (χ4v) is 6.21. The third-order valence-electron chi connectivity index (χ3n) is 7.23. The fraction of sp³-hybridized carbons (Fsp3) is 0.292. The van der Waals surface area contributed by atoms with Crippen LogP contribution in [0, 0.1) is 35.5 Å². The number of amides is 3. The Bertz CT molecular complexity index is 1140. The molecule has 31 heavy (non-hydrogen) atoms. The van der Waals surface area contributed by atoms with E-state index >= 15 is 0 Å². The number of carbonyl (C=O) groups is 3. The van der Waals surface area contributed by atoms with Crippen LogP contribution < -0.4 is 10.2 Å². The number of nitrogens with one attached hydrogen (secondary N) is 1. The summed E-state index contributed by atoms with van der Waals surface area (Å²) in [5, 5.41) is 3.57. The quantitative estimate of drug-likeness (QED) is 0.536. The van der Waals surface area contributed by atoms with Crippen molar-refractivity contribution in [3.8, 4) is 0 Å². The lowest BCUT2D eigenvalue weighted by Crippen LogP contribution is -2.40. The van der Waals surface area contributed by atoms with Gasteiger partial charge in [0.25, 0.3) is 5.91 Å². The number of halogens is 2. The molecule has 7 heteroatoms. The van der Waals surface area contributed by atoms with Gasteiger partial charge < -0.3 is 5.32 Å². The molecule has 5 aliphatic rings. The molecule has 2 aromatic carbocycles. The maximum absolute atomic E-state index is 13.2. The molecule has 5 nitrogen and oxygen atoms in total. The molecule has 2 saturated carbocycles. The summed E-state index contributed by atoms with van der Waals surface area (Å²) in [5.74, 6) is 0.492. The number of benzene rings is 2. The van der Waals surface area contributed by atoms with Crippen LogP contribution in [-0.2, 0) is 9.59 Å². The summed E-state index contributed by atoms with van der Waals surface area (Å²) >= 11 is 12.0. The highest BCUT2D eigenvalue weighted by molar-refractivity contribution is 6.36. The number of hydrogen-bond acceptors (Lipinski definition) is 3. The maximum Gasteiger partial charge on any atom is 0.255 e. The van der Waals surface area contributed by atoms with E-state index in [1.165, 1.54) is 4.90 Å². The number of nitrogens with zero attached hydrogens (tertiary/aromatic N) is 1. The summed E-state index contributed by atoms with van der Waals surface area (Å²) in [7, 11) is 0. The Morgan fingerprint density at radius 2 is 1.52 bits per heavy atom. The van der Waals surface area contributed by atoms with Gasteiger partial charge >= 0.3 is 0 Å². The van der Waals surface area contributed by atoms with Crippen LogP contribution in [0.1, 0.15) is 16.8 Å². The summed E-state index contributed by atoms with van der Waals surface area (Å²) in [5.41, 5.74) is 1.36. The lowest BCUT2D eigenvalue weighted by atomic mass is 9.63. The Hall–Kier alpha value is -2.63. The molecule has 1 heterocycles. The predicted molar refractivity (Wildman–Crippen MR) is 118 cm³/mol. The van der Waals surface area contributed by atoms with Crippen LogP contribution in [0.25, 0.3) is 0 Å². The second-order valence-corrected chi connectivity index (χ2v) is 9.64. The Labute approximate surface area is 189 Å². The van der Waals surface area contributed by atoms with Crippen molar-refractivity contribution in [3.63, 3.8) is 0 Å². The van der Waals surface area contributed by atoms with E-state index in [9.17, 15) is 14.4 Å². The van der Waals surface area contributed by atoms with Crippen LogP contribution in [0.4, 0.5) is 11.4 Å². The molecular weight excluding hydrogens is 435 g/mol. The second-order valence-electron chi connectivity index (χ2n) is 8.79. The van der Waals surface area contributed by atoms with Gasteiger partial charge in [-0.2, -0.15) is 0 Å². The van der Waals surface area contributed by atoms with Gasteiger partial charge in [-0.3, -0.25) is 19.3 Å². The minimum Gasteiger partial charge on any atom is -0.321 e. The first-order valence-corrected chi connectivity index (χ1v) is 11.1. The Morgan fingerprint density at radius 3 is 2.10 bits per heavy atom. The van der Waals surface area contributed by atoms with Crippen molar-refractivity contribution in [2.24, 2.45) is 35.5 Å². The highest BCUT2D eigenvalue weighted by atomic mass is 35.5. The van der Waals surface area contributed by atoms with Gasteiger partial charge in [0.05, 0.1) is 28.2 Å². The van der Waals surface area contributed by atoms with E-state index in [0.29, 0.717) is 38.8 Å². The monoisotopic (exact) mass is 452 g/mol. The molecule has 0 spiro atoms. The van der Waals surface area contributed by atoms with E-state index in [1.54, 1.807) is 42.5 Å². The van der Waals surface area contributed by atoms with Gasteiger partial charge in [0.1, 0.15) is 0 Å². The lowest BCUT2D eigenvalue weighted by molar-refractivity contribution is -0.124. The molecule has 1 saturated heterocycles. The minimum absolute atomic E-state index is 0.107. The SMILES string of the molecule is O=C(Nc1ccc(Cl)cc1Cl)c1ccc(N2C(=O)[C@@H]3[C@H]4C=C[C@H]([C@H]5C[C@H]45)[C@@H]3C2=O)cc1. The summed E-state index contributed by atoms with van der Waals surface area (Å²) < 4.78 is 0. The molecule has 3 fully saturated rings. The standard InChI is InChI=1S/C24H18Cl2N2O3/c25-12-3-8-19(18(26)9-12)27-22(29)11-1-4-13(5-2-11)28-23(30)20-14-6-7-15(17-10-16(14)17)21(20)24(28)31/h1-9,14-17,20-21H,10H2,(H,27,29)/t14-,15+,16-,17-,20+,21-/m1/s1. The van der Waals surface area contributed by atoms with Gasteiger partial charge in [-0.05, 0) is 72.6 Å². The van der Waals surface area contributed by atoms with Gasteiger partial charge in [-0.15, -0.1) is 0 Å². The van der Waals surface area contributed by atoms with Gasteiger partial charge in [0.15, 0.2) is 0 Å². The molecule has 4 aliphatic carbocycles. The zero-order valence-electron chi connectivity index (χ0n) is 16.3. The topological polar surface area (TPSA) is 66.5 Å². The fourth-order valence-electron chi connectivity index (χ4n) is 5.76. The third kappa shape index (κ3) is 2.80. The maximum atomic E-state index is 13.2. The molecule has 7 rings (SSSR count). The largest absolute Gasteiger partial charge is 0.321 e. The summed E-state index contributed by atoms with van der Waals surface area (Å²) in [6, 6.07) is 11.4. The minimum atomic E-state index is -0.342. The van der Waals surface area contributed by atoms with E-state index in [4.69, 9.17) is 23.2 Å². The van der Waals surface area contributed by atoms with E-state index in [2.05, 4.69) is 17.5 Å². The molecule has 156 valence electrons. The van der Waals surface area contributed by atoms with Crippen LogP contribution in [0.15, 0.2) is 54.6 Å². The molecule has 3 amide bonds. The first-order chi connectivity index (χ1) is 14.9. The number of carbonyl (C=O) groups excluding carboxylic acids is 3. The molecule has 2 aromatic rings. The van der Waals surface area contributed by atoms with Crippen LogP contribution in [0.3, 0.4) is 0 Å². The molecule has 1 N–H and O–H groups in total. The van der Waals surface area contributed by atoms with Gasteiger partial charge in [-0.1, -0.05) is 35.4 Å². The van der Waals surface area contributed by atoms with Crippen molar-refractivity contribution in [1.82, 2.24) is 0 Å². The average molecular weight is 453 g/mol. The number of anilines is 2. The smallest absolute Gasteiger partial charge is 0.255 e. The number of hydrogen-bond donors (Lipinski definition) is 1. The first kappa shape index (κ1) is 19.1. The van der Waals surface area contributed by atoms with Crippen LogP contribution >= 0.6 is 23.2 Å².